The quantitative estimate of drug-likeness (QED) is 0.429. The summed E-state index contributed by atoms with van der Waals surface area (Å²) in [5.74, 6) is 0.154. The second-order valence-corrected chi connectivity index (χ2v) is 5.16. The highest BCUT2D eigenvalue weighted by molar-refractivity contribution is 5.82. The third-order valence-electron chi connectivity index (χ3n) is 2.75. The minimum atomic E-state index is -0.405. The molecule has 0 aromatic rings. The van der Waals surface area contributed by atoms with Gasteiger partial charge in [-0.15, -0.1) is 0 Å². The molecule has 102 valence electrons. The fourth-order valence-electron chi connectivity index (χ4n) is 1.69. The van der Waals surface area contributed by atoms with E-state index in [1.54, 1.807) is 0 Å². The molecular weight excluding hydrogens is 216 g/mol. The van der Waals surface area contributed by atoms with Gasteiger partial charge in [-0.1, -0.05) is 33.6 Å². The molecule has 0 bridgehead atoms. The Bertz CT molecular complexity index is 212. The highest BCUT2D eigenvalue weighted by Gasteiger charge is 2.24. The molecule has 0 radical (unpaired) electrons. The number of hydrogen-bond acceptors (Lipinski definition) is 3. The van der Waals surface area contributed by atoms with Gasteiger partial charge in [0.25, 0.3) is 0 Å². The standard InChI is InChI=1S/C14H28O3/c1-6-9-10-12(15)13(8-3)16-17-14(4,5)11-7-2/h13H,6-11H2,1-5H3. The fourth-order valence-corrected chi connectivity index (χ4v) is 1.69. The second kappa shape index (κ2) is 8.65. The van der Waals surface area contributed by atoms with Crippen LogP contribution in [0.15, 0.2) is 0 Å². The minimum absolute atomic E-state index is 0.154. The summed E-state index contributed by atoms with van der Waals surface area (Å²) in [5.41, 5.74) is -0.312. The number of unbranched alkanes of at least 4 members (excludes halogenated alkanes) is 1. The van der Waals surface area contributed by atoms with Crippen molar-refractivity contribution in [3.05, 3.63) is 0 Å². The summed E-state index contributed by atoms with van der Waals surface area (Å²) >= 11 is 0. The van der Waals surface area contributed by atoms with Crippen molar-refractivity contribution < 1.29 is 14.6 Å². The lowest BCUT2D eigenvalue weighted by Crippen LogP contribution is -2.31. The van der Waals surface area contributed by atoms with Crippen molar-refractivity contribution in [3.63, 3.8) is 0 Å². The van der Waals surface area contributed by atoms with Crippen LogP contribution in [0, 0.1) is 0 Å². The maximum absolute atomic E-state index is 11.8. The van der Waals surface area contributed by atoms with Gasteiger partial charge in [0.1, 0.15) is 0 Å². The Kier molecular flexibility index (Phi) is 8.44. The van der Waals surface area contributed by atoms with E-state index in [0.717, 1.165) is 25.7 Å². The van der Waals surface area contributed by atoms with E-state index >= 15 is 0 Å². The van der Waals surface area contributed by atoms with Crippen LogP contribution in [0.1, 0.15) is 73.1 Å². The molecule has 0 rings (SSSR count). The van der Waals surface area contributed by atoms with Gasteiger partial charge in [-0.3, -0.25) is 4.79 Å². The van der Waals surface area contributed by atoms with Gasteiger partial charge in [0, 0.05) is 6.42 Å². The van der Waals surface area contributed by atoms with Crippen LogP contribution in [0.5, 0.6) is 0 Å². The lowest BCUT2D eigenvalue weighted by atomic mass is 10.0. The van der Waals surface area contributed by atoms with Crippen LogP contribution in [0.4, 0.5) is 0 Å². The van der Waals surface area contributed by atoms with Crippen LogP contribution in [0.3, 0.4) is 0 Å². The summed E-state index contributed by atoms with van der Waals surface area (Å²) in [7, 11) is 0. The van der Waals surface area contributed by atoms with E-state index in [4.69, 9.17) is 9.78 Å². The Hall–Kier alpha value is -0.410. The molecule has 1 atom stereocenters. The van der Waals surface area contributed by atoms with Gasteiger partial charge in [0.2, 0.25) is 0 Å². The molecule has 0 aromatic heterocycles. The molecule has 0 saturated carbocycles. The molecular formula is C14H28O3. The number of ketones is 1. The molecule has 0 N–H and O–H groups in total. The molecule has 0 aliphatic carbocycles. The average molecular weight is 244 g/mol. The molecule has 0 saturated heterocycles. The Morgan fingerprint density at radius 1 is 1.18 bits per heavy atom. The lowest BCUT2D eigenvalue weighted by Gasteiger charge is -2.25. The number of carbonyl (C=O) groups excluding carboxylic acids is 1. The Balaban J connectivity index is 4.08. The smallest absolute Gasteiger partial charge is 0.164 e. The van der Waals surface area contributed by atoms with Crippen LogP contribution in [-0.2, 0) is 14.6 Å². The van der Waals surface area contributed by atoms with Crippen LogP contribution in [0.2, 0.25) is 0 Å². The zero-order valence-electron chi connectivity index (χ0n) is 12.0. The molecule has 1 unspecified atom stereocenters. The predicted octanol–water partition coefficient (Wildman–Crippen LogP) is 4.05. The van der Waals surface area contributed by atoms with E-state index in [0.29, 0.717) is 12.8 Å². The van der Waals surface area contributed by atoms with Gasteiger partial charge >= 0.3 is 0 Å². The van der Waals surface area contributed by atoms with Crippen LogP contribution in [-0.4, -0.2) is 17.5 Å². The first kappa shape index (κ1) is 16.6. The van der Waals surface area contributed by atoms with Crippen LogP contribution >= 0.6 is 0 Å². The largest absolute Gasteiger partial charge is 0.297 e. The van der Waals surface area contributed by atoms with Crippen molar-refractivity contribution in [2.24, 2.45) is 0 Å². The van der Waals surface area contributed by atoms with Crippen molar-refractivity contribution in [3.8, 4) is 0 Å². The van der Waals surface area contributed by atoms with Crippen molar-refractivity contribution >= 4 is 5.78 Å². The topological polar surface area (TPSA) is 35.5 Å². The Morgan fingerprint density at radius 3 is 2.29 bits per heavy atom. The number of rotatable bonds is 10. The number of Topliss-reactive ketones (excluding diaryl/α,β-unsaturated/α-hetero) is 1. The summed E-state index contributed by atoms with van der Waals surface area (Å²) in [4.78, 5) is 22.5. The van der Waals surface area contributed by atoms with Gasteiger partial charge in [0.15, 0.2) is 11.9 Å². The van der Waals surface area contributed by atoms with E-state index < -0.39 is 6.10 Å². The number of carbonyl (C=O) groups is 1. The summed E-state index contributed by atoms with van der Waals surface area (Å²) < 4.78 is 0. The molecule has 0 amide bonds. The van der Waals surface area contributed by atoms with E-state index in [1.807, 2.05) is 20.8 Å². The molecule has 3 nitrogen and oxygen atoms in total. The van der Waals surface area contributed by atoms with Gasteiger partial charge < -0.3 is 0 Å². The molecule has 0 aliphatic heterocycles. The van der Waals surface area contributed by atoms with Crippen molar-refractivity contribution in [1.29, 1.82) is 0 Å². The first-order chi connectivity index (χ1) is 7.96. The van der Waals surface area contributed by atoms with Gasteiger partial charge in [-0.05, 0) is 33.1 Å². The van der Waals surface area contributed by atoms with Crippen molar-refractivity contribution in [1.82, 2.24) is 0 Å². The summed E-state index contributed by atoms with van der Waals surface area (Å²) in [5, 5.41) is 0. The third-order valence-corrected chi connectivity index (χ3v) is 2.75. The van der Waals surface area contributed by atoms with Gasteiger partial charge in [-0.25, -0.2) is 9.78 Å². The molecule has 0 aromatic carbocycles. The molecule has 0 heterocycles. The fraction of sp³-hybridized carbons (Fsp3) is 0.929. The van der Waals surface area contributed by atoms with Crippen molar-refractivity contribution in [2.75, 3.05) is 0 Å². The first-order valence-electron chi connectivity index (χ1n) is 6.84. The van der Waals surface area contributed by atoms with Crippen LogP contribution in [0.25, 0.3) is 0 Å². The SMILES string of the molecule is CCCCC(=O)C(CC)OOC(C)(C)CCC. The van der Waals surface area contributed by atoms with E-state index in [1.165, 1.54) is 0 Å². The third kappa shape index (κ3) is 7.50. The minimum Gasteiger partial charge on any atom is -0.297 e. The van der Waals surface area contributed by atoms with Crippen LogP contribution < -0.4 is 0 Å². The zero-order chi connectivity index (χ0) is 13.3. The monoisotopic (exact) mass is 244 g/mol. The Labute approximate surface area is 106 Å². The molecule has 3 heteroatoms. The van der Waals surface area contributed by atoms with E-state index in [9.17, 15) is 4.79 Å². The summed E-state index contributed by atoms with van der Waals surface area (Å²) in [6, 6.07) is 0. The van der Waals surface area contributed by atoms with Gasteiger partial charge in [0.05, 0.1) is 5.60 Å². The van der Waals surface area contributed by atoms with E-state index in [-0.39, 0.29) is 11.4 Å². The maximum Gasteiger partial charge on any atom is 0.164 e. The van der Waals surface area contributed by atoms with Crippen molar-refractivity contribution in [2.45, 2.75) is 84.8 Å². The molecule has 0 aliphatic rings. The molecule has 17 heavy (non-hydrogen) atoms. The lowest BCUT2D eigenvalue weighted by molar-refractivity contribution is -0.370. The highest BCUT2D eigenvalue weighted by Crippen LogP contribution is 2.19. The average Bonchev–Trinajstić information content (AvgIpc) is 2.26. The van der Waals surface area contributed by atoms with Gasteiger partial charge in [-0.2, -0.15) is 0 Å². The maximum atomic E-state index is 11.8. The normalized spacial score (nSPS) is 13.7. The van der Waals surface area contributed by atoms with E-state index in [2.05, 4.69) is 13.8 Å². The summed E-state index contributed by atoms with van der Waals surface area (Å²) in [6.07, 6.45) is 4.78. The molecule has 0 spiro atoms. The number of hydrogen-bond donors (Lipinski definition) is 0. The first-order valence-corrected chi connectivity index (χ1v) is 6.84. The second-order valence-electron chi connectivity index (χ2n) is 5.16. The Morgan fingerprint density at radius 2 is 1.82 bits per heavy atom. The highest BCUT2D eigenvalue weighted by atomic mass is 17.2. The zero-order valence-corrected chi connectivity index (χ0v) is 12.0. The molecule has 0 fully saturated rings. The predicted molar refractivity (Wildman–Crippen MR) is 69.8 cm³/mol. The summed E-state index contributed by atoms with van der Waals surface area (Å²) in [6.45, 7) is 10.1.